The third-order valence-electron chi connectivity index (χ3n) is 1.94. The van der Waals surface area contributed by atoms with Gasteiger partial charge in [-0.25, -0.2) is 0 Å². The molecule has 2 heterocycles. The molecule has 1 aliphatic rings. The van der Waals surface area contributed by atoms with E-state index in [2.05, 4.69) is 4.99 Å². The van der Waals surface area contributed by atoms with Gasteiger partial charge in [0.05, 0.1) is 0 Å². The second kappa shape index (κ2) is 2.48. The molecule has 0 saturated carbocycles. The highest BCUT2D eigenvalue weighted by atomic mass is 16.4. The van der Waals surface area contributed by atoms with Gasteiger partial charge in [-0.05, 0) is 12.1 Å². The highest BCUT2D eigenvalue weighted by Crippen LogP contribution is 2.18. The Hall–Kier alpha value is -1.58. The number of hydrogen-bond donors (Lipinski definition) is 1. The minimum atomic E-state index is -0.849. The van der Waals surface area contributed by atoms with Crippen molar-refractivity contribution < 1.29 is 9.90 Å². The van der Waals surface area contributed by atoms with E-state index in [1.165, 1.54) is 6.21 Å². The van der Waals surface area contributed by atoms with Gasteiger partial charge in [0.15, 0.2) is 0 Å². The van der Waals surface area contributed by atoms with Crippen LogP contribution in [0.25, 0.3) is 0 Å². The van der Waals surface area contributed by atoms with E-state index >= 15 is 0 Å². The standard InChI is InChI=1S/C8H8N2O2/c11-8(12)6-4-9-5-10-3-1-2-7(6)10/h1-4,6H,5H2,(H,11,12). The highest BCUT2D eigenvalue weighted by Gasteiger charge is 2.22. The fourth-order valence-corrected chi connectivity index (χ4v) is 1.35. The number of aliphatic carboxylic acids is 1. The predicted octanol–water partition coefficient (Wildman–Crippen LogP) is 0.698. The minimum absolute atomic E-state index is 0.534. The zero-order valence-corrected chi connectivity index (χ0v) is 6.34. The summed E-state index contributed by atoms with van der Waals surface area (Å²) in [5.41, 5.74) is 0.803. The van der Waals surface area contributed by atoms with Crippen LogP contribution in [0.2, 0.25) is 0 Å². The highest BCUT2D eigenvalue weighted by molar-refractivity contribution is 5.94. The van der Waals surface area contributed by atoms with Crippen LogP contribution in [0.3, 0.4) is 0 Å². The molecule has 0 spiro atoms. The average Bonchev–Trinajstić information content (AvgIpc) is 2.49. The van der Waals surface area contributed by atoms with Gasteiger partial charge >= 0.3 is 5.97 Å². The second-order valence-corrected chi connectivity index (χ2v) is 2.69. The molecule has 0 aromatic carbocycles. The Morgan fingerprint density at radius 1 is 1.75 bits per heavy atom. The van der Waals surface area contributed by atoms with E-state index in [1.807, 2.05) is 22.9 Å². The Morgan fingerprint density at radius 3 is 3.33 bits per heavy atom. The summed E-state index contributed by atoms with van der Waals surface area (Å²) in [6, 6.07) is 3.64. The molecule has 12 heavy (non-hydrogen) atoms. The molecule has 1 N–H and O–H groups in total. The quantitative estimate of drug-likeness (QED) is 0.664. The van der Waals surface area contributed by atoms with Crippen LogP contribution in [-0.4, -0.2) is 21.9 Å². The average molecular weight is 164 g/mol. The Balaban J connectivity index is 2.44. The van der Waals surface area contributed by atoms with Crippen molar-refractivity contribution in [2.75, 3.05) is 0 Å². The molecular weight excluding hydrogens is 156 g/mol. The lowest BCUT2D eigenvalue weighted by molar-refractivity contribution is -0.137. The zero-order chi connectivity index (χ0) is 8.55. The Morgan fingerprint density at radius 2 is 2.58 bits per heavy atom. The SMILES string of the molecule is O=C(O)C1C=NCn2cccc21. The molecule has 4 heteroatoms. The first-order valence-corrected chi connectivity index (χ1v) is 3.67. The van der Waals surface area contributed by atoms with Gasteiger partial charge < -0.3 is 9.67 Å². The van der Waals surface area contributed by atoms with Crippen molar-refractivity contribution in [3.63, 3.8) is 0 Å². The van der Waals surface area contributed by atoms with Gasteiger partial charge in [-0.15, -0.1) is 0 Å². The van der Waals surface area contributed by atoms with Gasteiger partial charge in [0, 0.05) is 18.1 Å². The summed E-state index contributed by atoms with van der Waals surface area (Å²) in [5.74, 6) is -1.42. The van der Waals surface area contributed by atoms with Gasteiger partial charge in [-0.3, -0.25) is 9.79 Å². The smallest absolute Gasteiger partial charge is 0.317 e. The van der Waals surface area contributed by atoms with Crippen molar-refractivity contribution in [1.82, 2.24) is 4.57 Å². The summed E-state index contributed by atoms with van der Waals surface area (Å²) in [6.07, 6.45) is 3.32. The molecule has 0 bridgehead atoms. The first-order chi connectivity index (χ1) is 5.79. The molecule has 1 aliphatic heterocycles. The summed E-state index contributed by atoms with van der Waals surface area (Å²) >= 11 is 0. The van der Waals surface area contributed by atoms with Crippen LogP contribution in [0.15, 0.2) is 23.3 Å². The van der Waals surface area contributed by atoms with Crippen molar-refractivity contribution in [2.45, 2.75) is 12.6 Å². The van der Waals surface area contributed by atoms with E-state index in [1.54, 1.807) is 0 Å². The predicted molar refractivity (Wildman–Crippen MR) is 43.3 cm³/mol. The van der Waals surface area contributed by atoms with Crippen molar-refractivity contribution in [1.29, 1.82) is 0 Å². The molecule has 2 rings (SSSR count). The molecule has 0 aliphatic carbocycles. The van der Waals surface area contributed by atoms with E-state index in [-0.39, 0.29) is 0 Å². The Bertz CT molecular complexity index is 341. The normalized spacial score (nSPS) is 20.5. The summed E-state index contributed by atoms with van der Waals surface area (Å²) in [4.78, 5) is 14.7. The number of aromatic nitrogens is 1. The Labute approximate surface area is 69.2 Å². The van der Waals surface area contributed by atoms with Crippen LogP contribution in [0.5, 0.6) is 0 Å². The van der Waals surface area contributed by atoms with Crippen LogP contribution < -0.4 is 0 Å². The summed E-state index contributed by atoms with van der Waals surface area (Å²) in [5, 5.41) is 8.80. The molecule has 1 unspecified atom stereocenters. The zero-order valence-electron chi connectivity index (χ0n) is 6.34. The van der Waals surface area contributed by atoms with E-state index < -0.39 is 11.9 Å². The van der Waals surface area contributed by atoms with Gasteiger partial charge in [0.2, 0.25) is 0 Å². The van der Waals surface area contributed by atoms with Gasteiger partial charge in [-0.1, -0.05) is 0 Å². The van der Waals surface area contributed by atoms with E-state index in [0.717, 1.165) is 5.69 Å². The van der Waals surface area contributed by atoms with Crippen molar-refractivity contribution in [3.05, 3.63) is 24.0 Å². The number of aliphatic imine (C=N–C) groups is 1. The lowest BCUT2D eigenvalue weighted by Crippen LogP contribution is -2.20. The topological polar surface area (TPSA) is 54.6 Å². The molecule has 1 aromatic heterocycles. The van der Waals surface area contributed by atoms with Crippen LogP contribution in [0.4, 0.5) is 0 Å². The second-order valence-electron chi connectivity index (χ2n) is 2.69. The molecule has 0 saturated heterocycles. The number of rotatable bonds is 1. The van der Waals surface area contributed by atoms with Crippen molar-refractivity contribution in [3.8, 4) is 0 Å². The molecular formula is C8H8N2O2. The number of carbonyl (C=O) groups is 1. The summed E-state index contributed by atoms with van der Waals surface area (Å²) in [6.45, 7) is 0.534. The maximum atomic E-state index is 10.7. The van der Waals surface area contributed by atoms with Gasteiger partial charge in [-0.2, -0.15) is 0 Å². The van der Waals surface area contributed by atoms with Crippen LogP contribution in [0.1, 0.15) is 11.6 Å². The lowest BCUT2D eigenvalue weighted by Gasteiger charge is -2.15. The van der Waals surface area contributed by atoms with E-state index in [0.29, 0.717) is 6.67 Å². The third-order valence-corrected chi connectivity index (χ3v) is 1.94. The van der Waals surface area contributed by atoms with Crippen molar-refractivity contribution in [2.24, 2.45) is 4.99 Å². The third kappa shape index (κ3) is 0.922. The molecule has 4 nitrogen and oxygen atoms in total. The van der Waals surface area contributed by atoms with Crippen LogP contribution in [-0.2, 0) is 11.5 Å². The van der Waals surface area contributed by atoms with Gasteiger partial charge in [0.25, 0.3) is 0 Å². The monoisotopic (exact) mass is 164 g/mol. The maximum Gasteiger partial charge on any atom is 0.317 e. The molecule has 1 aromatic rings. The fourth-order valence-electron chi connectivity index (χ4n) is 1.35. The van der Waals surface area contributed by atoms with Crippen LogP contribution in [0, 0.1) is 0 Å². The molecule has 0 fully saturated rings. The van der Waals surface area contributed by atoms with Crippen molar-refractivity contribution >= 4 is 12.2 Å². The fraction of sp³-hybridized carbons (Fsp3) is 0.250. The van der Waals surface area contributed by atoms with E-state index in [9.17, 15) is 4.79 Å². The molecule has 62 valence electrons. The summed E-state index contributed by atoms with van der Waals surface area (Å²) in [7, 11) is 0. The first-order valence-electron chi connectivity index (χ1n) is 3.67. The number of nitrogens with zero attached hydrogens (tertiary/aromatic N) is 2. The van der Waals surface area contributed by atoms with Crippen LogP contribution >= 0.6 is 0 Å². The number of hydrogen-bond acceptors (Lipinski definition) is 2. The maximum absolute atomic E-state index is 10.7. The molecule has 0 amide bonds. The Kier molecular flexibility index (Phi) is 1.46. The lowest BCUT2D eigenvalue weighted by atomic mass is 10.1. The number of fused-ring (bicyclic) bond motifs is 1. The summed E-state index contributed by atoms with van der Waals surface area (Å²) < 4.78 is 1.83. The van der Waals surface area contributed by atoms with E-state index in [4.69, 9.17) is 5.11 Å². The first kappa shape index (κ1) is 7.09. The van der Waals surface area contributed by atoms with Gasteiger partial charge in [0.1, 0.15) is 12.6 Å². The molecule has 1 atom stereocenters. The minimum Gasteiger partial charge on any atom is -0.480 e. The largest absolute Gasteiger partial charge is 0.480 e. The number of carboxylic acid groups (broad SMARTS) is 1. The number of carboxylic acids is 1. The molecule has 0 radical (unpaired) electrons.